The van der Waals surface area contributed by atoms with E-state index in [9.17, 15) is 8.42 Å². The standard InChI is InChI=1S/C14H22N2O2S/c1-3-15-10-12-4-6-13(7-5-12)11-19(17,18)16-14(2)8-9-14/h4-7,15-16H,3,8-11H2,1-2H3. The smallest absolute Gasteiger partial charge is 0.216 e. The summed E-state index contributed by atoms with van der Waals surface area (Å²) in [5.74, 6) is 0.0596. The third-order valence-electron chi connectivity index (χ3n) is 3.36. The van der Waals surface area contributed by atoms with Gasteiger partial charge in [-0.1, -0.05) is 31.2 Å². The third-order valence-corrected chi connectivity index (χ3v) is 4.88. The van der Waals surface area contributed by atoms with Gasteiger partial charge in [0.2, 0.25) is 10.0 Å². The van der Waals surface area contributed by atoms with Crippen LogP contribution >= 0.6 is 0 Å². The molecule has 0 radical (unpaired) electrons. The van der Waals surface area contributed by atoms with E-state index in [0.29, 0.717) is 0 Å². The third kappa shape index (κ3) is 4.60. The second kappa shape index (κ2) is 5.61. The van der Waals surface area contributed by atoms with Crippen LogP contribution in [0.3, 0.4) is 0 Å². The van der Waals surface area contributed by atoms with Crippen LogP contribution in [0.5, 0.6) is 0 Å². The fourth-order valence-corrected chi connectivity index (χ4v) is 3.60. The van der Waals surface area contributed by atoms with E-state index < -0.39 is 10.0 Å². The Hall–Kier alpha value is -0.910. The van der Waals surface area contributed by atoms with Crippen molar-refractivity contribution in [1.82, 2.24) is 10.0 Å². The summed E-state index contributed by atoms with van der Waals surface area (Å²) < 4.78 is 26.7. The van der Waals surface area contributed by atoms with E-state index >= 15 is 0 Å². The lowest BCUT2D eigenvalue weighted by atomic mass is 10.1. The zero-order valence-corrected chi connectivity index (χ0v) is 12.4. The highest BCUT2D eigenvalue weighted by molar-refractivity contribution is 7.88. The number of sulfonamides is 1. The van der Waals surface area contributed by atoms with Crippen molar-refractivity contribution in [2.24, 2.45) is 0 Å². The molecular formula is C14H22N2O2S. The van der Waals surface area contributed by atoms with E-state index in [-0.39, 0.29) is 11.3 Å². The fourth-order valence-electron chi connectivity index (χ4n) is 1.94. The number of rotatable bonds is 7. The summed E-state index contributed by atoms with van der Waals surface area (Å²) in [4.78, 5) is 0. The summed E-state index contributed by atoms with van der Waals surface area (Å²) >= 11 is 0. The predicted molar refractivity (Wildman–Crippen MR) is 77.2 cm³/mol. The molecule has 19 heavy (non-hydrogen) atoms. The lowest BCUT2D eigenvalue weighted by molar-refractivity contribution is 0.557. The summed E-state index contributed by atoms with van der Waals surface area (Å²) in [6.45, 7) is 5.76. The van der Waals surface area contributed by atoms with Gasteiger partial charge < -0.3 is 5.32 Å². The molecule has 0 aliphatic heterocycles. The minimum absolute atomic E-state index is 0.0596. The van der Waals surface area contributed by atoms with Crippen molar-refractivity contribution in [3.05, 3.63) is 35.4 Å². The van der Waals surface area contributed by atoms with Crippen molar-refractivity contribution in [3.8, 4) is 0 Å². The quantitative estimate of drug-likeness (QED) is 0.801. The van der Waals surface area contributed by atoms with Crippen molar-refractivity contribution in [2.75, 3.05) is 6.54 Å². The minimum atomic E-state index is -3.23. The average Bonchev–Trinajstić information content (AvgIpc) is 3.04. The lowest BCUT2D eigenvalue weighted by Gasteiger charge is -2.12. The first-order valence-electron chi connectivity index (χ1n) is 6.73. The Kier molecular flexibility index (Phi) is 4.28. The first-order chi connectivity index (χ1) is 8.92. The van der Waals surface area contributed by atoms with Gasteiger partial charge in [0.15, 0.2) is 0 Å². The maximum Gasteiger partial charge on any atom is 0.216 e. The van der Waals surface area contributed by atoms with Gasteiger partial charge in [-0.05, 0) is 37.4 Å². The van der Waals surface area contributed by atoms with Gasteiger partial charge >= 0.3 is 0 Å². The Morgan fingerprint density at radius 3 is 2.26 bits per heavy atom. The van der Waals surface area contributed by atoms with Gasteiger partial charge in [0, 0.05) is 12.1 Å². The molecule has 1 aliphatic carbocycles. The van der Waals surface area contributed by atoms with Crippen LogP contribution in [0.2, 0.25) is 0 Å². The maximum absolute atomic E-state index is 12.0. The van der Waals surface area contributed by atoms with E-state index in [1.54, 1.807) is 0 Å². The molecule has 0 unspecified atom stereocenters. The predicted octanol–water partition coefficient (Wildman–Crippen LogP) is 1.77. The Bertz CT molecular complexity index is 519. The topological polar surface area (TPSA) is 58.2 Å². The largest absolute Gasteiger partial charge is 0.313 e. The van der Waals surface area contributed by atoms with Crippen LogP contribution < -0.4 is 10.0 Å². The fraction of sp³-hybridized carbons (Fsp3) is 0.571. The molecular weight excluding hydrogens is 260 g/mol. The molecule has 1 aromatic rings. The lowest BCUT2D eigenvalue weighted by Crippen LogP contribution is -2.35. The monoisotopic (exact) mass is 282 g/mol. The molecule has 0 atom stereocenters. The van der Waals surface area contributed by atoms with Gasteiger partial charge in [-0.25, -0.2) is 13.1 Å². The minimum Gasteiger partial charge on any atom is -0.313 e. The van der Waals surface area contributed by atoms with Crippen molar-refractivity contribution in [3.63, 3.8) is 0 Å². The molecule has 1 saturated carbocycles. The molecule has 4 nitrogen and oxygen atoms in total. The van der Waals surface area contributed by atoms with Crippen LogP contribution in [-0.4, -0.2) is 20.5 Å². The van der Waals surface area contributed by atoms with E-state index in [4.69, 9.17) is 0 Å². The second-order valence-corrected chi connectivity index (χ2v) is 7.24. The Morgan fingerprint density at radius 2 is 1.74 bits per heavy atom. The van der Waals surface area contributed by atoms with Crippen molar-refractivity contribution < 1.29 is 8.42 Å². The van der Waals surface area contributed by atoms with Crippen LogP contribution in [0.4, 0.5) is 0 Å². The molecule has 1 aromatic carbocycles. The zero-order chi connectivity index (χ0) is 13.9. The van der Waals surface area contributed by atoms with Crippen LogP contribution in [0, 0.1) is 0 Å². The summed E-state index contributed by atoms with van der Waals surface area (Å²) in [5.41, 5.74) is 1.81. The normalized spacial score (nSPS) is 17.4. The SMILES string of the molecule is CCNCc1ccc(CS(=O)(=O)NC2(C)CC2)cc1. The highest BCUT2D eigenvalue weighted by atomic mass is 32.2. The molecule has 0 amide bonds. The van der Waals surface area contributed by atoms with E-state index in [1.165, 1.54) is 5.56 Å². The van der Waals surface area contributed by atoms with Crippen molar-refractivity contribution in [1.29, 1.82) is 0 Å². The average molecular weight is 282 g/mol. The highest BCUT2D eigenvalue weighted by Gasteiger charge is 2.40. The molecule has 106 valence electrons. The van der Waals surface area contributed by atoms with Gasteiger partial charge in [0.25, 0.3) is 0 Å². The molecule has 0 aromatic heterocycles. The summed E-state index contributed by atoms with van der Waals surface area (Å²) in [7, 11) is -3.23. The maximum atomic E-state index is 12.0. The molecule has 1 aliphatic rings. The molecule has 0 saturated heterocycles. The Labute approximate surface area is 115 Å². The zero-order valence-electron chi connectivity index (χ0n) is 11.6. The van der Waals surface area contributed by atoms with Gasteiger partial charge in [-0.15, -0.1) is 0 Å². The summed E-state index contributed by atoms with van der Waals surface area (Å²) in [5, 5.41) is 3.24. The van der Waals surface area contributed by atoms with Crippen molar-refractivity contribution >= 4 is 10.0 Å². The highest BCUT2D eigenvalue weighted by Crippen LogP contribution is 2.35. The van der Waals surface area contributed by atoms with Crippen LogP contribution in [-0.2, 0) is 22.3 Å². The van der Waals surface area contributed by atoms with Gasteiger partial charge in [-0.2, -0.15) is 0 Å². The van der Waals surface area contributed by atoms with E-state index in [2.05, 4.69) is 17.0 Å². The van der Waals surface area contributed by atoms with Gasteiger partial charge in [0.1, 0.15) is 0 Å². The van der Waals surface area contributed by atoms with Crippen molar-refractivity contribution in [2.45, 2.75) is 44.5 Å². The number of benzene rings is 1. The molecule has 0 heterocycles. The van der Waals surface area contributed by atoms with E-state index in [1.807, 2.05) is 31.2 Å². The van der Waals surface area contributed by atoms with Gasteiger partial charge in [-0.3, -0.25) is 0 Å². The number of nitrogens with one attached hydrogen (secondary N) is 2. The van der Waals surface area contributed by atoms with E-state index in [0.717, 1.165) is 31.5 Å². The van der Waals surface area contributed by atoms with Gasteiger partial charge in [0.05, 0.1) is 5.75 Å². The summed E-state index contributed by atoms with van der Waals surface area (Å²) in [6, 6.07) is 7.74. The molecule has 5 heteroatoms. The van der Waals surface area contributed by atoms with Crippen LogP contribution in [0.25, 0.3) is 0 Å². The molecule has 2 N–H and O–H groups in total. The first-order valence-corrected chi connectivity index (χ1v) is 8.38. The second-order valence-electron chi connectivity index (χ2n) is 5.52. The number of hydrogen-bond donors (Lipinski definition) is 2. The van der Waals surface area contributed by atoms with Crippen LogP contribution in [0.15, 0.2) is 24.3 Å². The Morgan fingerprint density at radius 1 is 1.16 bits per heavy atom. The molecule has 2 rings (SSSR count). The molecule has 0 bridgehead atoms. The Balaban J connectivity index is 1.95. The number of hydrogen-bond acceptors (Lipinski definition) is 3. The molecule has 1 fully saturated rings. The molecule has 0 spiro atoms. The van der Waals surface area contributed by atoms with Crippen LogP contribution in [0.1, 0.15) is 37.8 Å². The summed E-state index contributed by atoms with van der Waals surface area (Å²) in [6.07, 6.45) is 1.88. The first kappa shape index (κ1) is 14.5.